The Balaban J connectivity index is 2.42. The Labute approximate surface area is 129 Å². The molecule has 0 saturated carbocycles. The molecule has 2 aromatic carbocycles. The summed E-state index contributed by atoms with van der Waals surface area (Å²) in [5.74, 6) is 0. The molecule has 0 aromatic heterocycles. The number of likely N-dealkylation sites (N-methyl/N-ethyl adjacent to an activating group) is 1. The highest BCUT2D eigenvalue weighted by Gasteiger charge is 2.32. The van der Waals surface area contributed by atoms with E-state index in [1.54, 1.807) is 0 Å². The first-order chi connectivity index (χ1) is 9.96. The molecule has 0 radical (unpaired) electrons. The van der Waals surface area contributed by atoms with Crippen molar-refractivity contribution in [3.8, 4) is 0 Å². The van der Waals surface area contributed by atoms with Crippen molar-refractivity contribution in [2.45, 2.75) is 38.8 Å². The second kappa shape index (κ2) is 6.59. The zero-order chi connectivity index (χ0) is 15.5. The molecule has 0 amide bonds. The normalized spacial score (nSPS) is 13.8. The van der Waals surface area contributed by atoms with Crippen molar-refractivity contribution < 1.29 is 0 Å². The van der Waals surface area contributed by atoms with Crippen LogP contribution in [0.3, 0.4) is 0 Å². The molecule has 2 heteroatoms. The van der Waals surface area contributed by atoms with Gasteiger partial charge >= 0.3 is 0 Å². The van der Waals surface area contributed by atoms with Gasteiger partial charge in [0.05, 0.1) is 6.04 Å². The average Bonchev–Trinajstić information content (AvgIpc) is 2.47. The molecular formula is C19H28N2. The smallest absolute Gasteiger partial charge is 0.0501 e. The van der Waals surface area contributed by atoms with Crippen molar-refractivity contribution in [3.05, 3.63) is 48.0 Å². The molecule has 2 rings (SSSR count). The summed E-state index contributed by atoms with van der Waals surface area (Å²) >= 11 is 0. The van der Waals surface area contributed by atoms with Crippen molar-refractivity contribution in [1.82, 2.24) is 10.2 Å². The second-order valence-electron chi connectivity index (χ2n) is 6.54. The minimum atomic E-state index is 0.0532. The molecule has 1 atom stereocenters. The molecule has 21 heavy (non-hydrogen) atoms. The molecule has 2 aromatic rings. The maximum Gasteiger partial charge on any atom is 0.0501 e. The largest absolute Gasteiger partial charge is 0.308 e. The summed E-state index contributed by atoms with van der Waals surface area (Å²) in [7, 11) is 4.31. The van der Waals surface area contributed by atoms with Gasteiger partial charge in [0, 0.05) is 5.54 Å². The van der Waals surface area contributed by atoms with Crippen LogP contribution in [0.25, 0.3) is 10.8 Å². The van der Waals surface area contributed by atoms with Crippen molar-refractivity contribution in [2.75, 3.05) is 20.6 Å². The third-order valence-corrected chi connectivity index (χ3v) is 4.56. The summed E-state index contributed by atoms with van der Waals surface area (Å²) in [6.45, 7) is 7.85. The van der Waals surface area contributed by atoms with E-state index in [1.807, 2.05) is 0 Å². The Bertz CT molecular complexity index is 587. The minimum absolute atomic E-state index is 0.0532. The van der Waals surface area contributed by atoms with E-state index in [4.69, 9.17) is 0 Å². The lowest BCUT2D eigenvalue weighted by Gasteiger charge is -2.41. The lowest BCUT2D eigenvalue weighted by Crippen LogP contribution is -2.49. The van der Waals surface area contributed by atoms with Crippen LogP contribution >= 0.6 is 0 Å². The number of benzene rings is 2. The van der Waals surface area contributed by atoms with Crippen molar-refractivity contribution >= 4 is 10.8 Å². The van der Waals surface area contributed by atoms with Crippen LogP contribution in [0.5, 0.6) is 0 Å². The van der Waals surface area contributed by atoms with Gasteiger partial charge in [0.15, 0.2) is 0 Å². The van der Waals surface area contributed by atoms with Gasteiger partial charge in [-0.3, -0.25) is 0 Å². The first-order valence-corrected chi connectivity index (χ1v) is 7.86. The number of hydrogen-bond acceptors (Lipinski definition) is 2. The van der Waals surface area contributed by atoms with Gasteiger partial charge in [0.2, 0.25) is 0 Å². The fourth-order valence-electron chi connectivity index (χ4n) is 2.71. The van der Waals surface area contributed by atoms with E-state index >= 15 is 0 Å². The summed E-state index contributed by atoms with van der Waals surface area (Å²) in [5.41, 5.74) is 1.42. The quantitative estimate of drug-likeness (QED) is 0.854. The van der Waals surface area contributed by atoms with Crippen molar-refractivity contribution in [3.63, 3.8) is 0 Å². The first kappa shape index (κ1) is 16.0. The number of nitrogens with zero attached hydrogens (tertiary/aromatic N) is 1. The monoisotopic (exact) mass is 284 g/mol. The summed E-state index contributed by atoms with van der Waals surface area (Å²) in [6, 6.07) is 15.7. The van der Waals surface area contributed by atoms with Crippen LogP contribution in [0, 0.1) is 0 Å². The average molecular weight is 284 g/mol. The number of nitrogens with one attached hydrogen (secondary N) is 1. The zero-order valence-electron chi connectivity index (χ0n) is 14.0. The van der Waals surface area contributed by atoms with Gasteiger partial charge in [-0.15, -0.1) is 0 Å². The van der Waals surface area contributed by atoms with E-state index in [0.29, 0.717) is 6.04 Å². The number of rotatable bonds is 6. The van der Waals surface area contributed by atoms with Crippen LogP contribution in [0.2, 0.25) is 0 Å². The maximum absolute atomic E-state index is 3.73. The Morgan fingerprint density at radius 3 is 2.33 bits per heavy atom. The van der Waals surface area contributed by atoms with E-state index < -0.39 is 0 Å². The highest BCUT2D eigenvalue weighted by Crippen LogP contribution is 2.31. The zero-order valence-corrected chi connectivity index (χ0v) is 14.0. The maximum atomic E-state index is 3.73. The van der Waals surface area contributed by atoms with Gasteiger partial charge in [-0.1, -0.05) is 43.3 Å². The molecule has 0 fully saturated rings. The molecule has 0 aliphatic heterocycles. The molecular weight excluding hydrogens is 256 g/mol. The van der Waals surface area contributed by atoms with Gasteiger partial charge in [0.25, 0.3) is 0 Å². The van der Waals surface area contributed by atoms with Crippen molar-refractivity contribution in [1.29, 1.82) is 0 Å². The molecule has 0 bridgehead atoms. The number of fused-ring (bicyclic) bond motifs is 1. The second-order valence-corrected chi connectivity index (χ2v) is 6.54. The fourth-order valence-corrected chi connectivity index (χ4v) is 2.71. The van der Waals surface area contributed by atoms with Crippen LogP contribution in [0.4, 0.5) is 0 Å². The lowest BCUT2D eigenvalue weighted by molar-refractivity contribution is 0.138. The van der Waals surface area contributed by atoms with Crippen LogP contribution in [-0.4, -0.2) is 31.1 Å². The topological polar surface area (TPSA) is 15.3 Å². The summed E-state index contributed by atoms with van der Waals surface area (Å²) in [5, 5.41) is 6.35. The summed E-state index contributed by atoms with van der Waals surface area (Å²) in [6.07, 6.45) is 1.15. The van der Waals surface area contributed by atoms with E-state index in [1.165, 1.54) is 16.3 Å². The minimum Gasteiger partial charge on any atom is -0.308 e. The van der Waals surface area contributed by atoms with E-state index in [-0.39, 0.29) is 5.54 Å². The SMILES string of the molecule is CCCNC(c1ccc2ccccc2c1)C(C)(C)N(C)C. The summed E-state index contributed by atoms with van der Waals surface area (Å²) in [4.78, 5) is 2.30. The number of hydrogen-bond donors (Lipinski definition) is 1. The lowest BCUT2D eigenvalue weighted by atomic mass is 9.86. The van der Waals surface area contributed by atoms with Crippen LogP contribution in [-0.2, 0) is 0 Å². The van der Waals surface area contributed by atoms with E-state index in [2.05, 4.69) is 87.5 Å². The van der Waals surface area contributed by atoms with Gasteiger partial charge in [-0.05, 0) is 63.3 Å². The molecule has 0 spiro atoms. The predicted molar refractivity (Wildman–Crippen MR) is 92.7 cm³/mol. The summed E-state index contributed by atoms with van der Waals surface area (Å²) < 4.78 is 0. The predicted octanol–water partition coefficient (Wildman–Crippen LogP) is 4.22. The Hall–Kier alpha value is -1.38. The highest BCUT2D eigenvalue weighted by molar-refractivity contribution is 5.83. The Kier molecular flexibility index (Phi) is 5.02. The molecule has 0 aliphatic rings. The fraction of sp³-hybridized carbons (Fsp3) is 0.474. The first-order valence-electron chi connectivity index (χ1n) is 7.86. The van der Waals surface area contributed by atoms with Crippen LogP contribution in [0.1, 0.15) is 38.8 Å². The van der Waals surface area contributed by atoms with Crippen LogP contribution in [0.15, 0.2) is 42.5 Å². The van der Waals surface area contributed by atoms with Crippen LogP contribution < -0.4 is 5.32 Å². The molecule has 1 N–H and O–H groups in total. The molecule has 1 unspecified atom stereocenters. The van der Waals surface area contributed by atoms with Gasteiger partial charge in [0.1, 0.15) is 0 Å². The Morgan fingerprint density at radius 2 is 1.71 bits per heavy atom. The molecule has 0 saturated heterocycles. The standard InChI is InChI=1S/C19H28N2/c1-6-13-20-18(19(2,3)21(4)5)17-12-11-15-9-7-8-10-16(15)14-17/h7-12,14,18,20H,6,13H2,1-5H3. The van der Waals surface area contributed by atoms with Gasteiger partial charge in [-0.2, -0.15) is 0 Å². The third-order valence-electron chi connectivity index (χ3n) is 4.56. The van der Waals surface area contributed by atoms with Gasteiger partial charge in [-0.25, -0.2) is 0 Å². The van der Waals surface area contributed by atoms with E-state index in [9.17, 15) is 0 Å². The molecule has 2 nitrogen and oxygen atoms in total. The van der Waals surface area contributed by atoms with Gasteiger partial charge < -0.3 is 10.2 Å². The molecule has 0 heterocycles. The Morgan fingerprint density at radius 1 is 1.05 bits per heavy atom. The highest BCUT2D eigenvalue weighted by atomic mass is 15.2. The van der Waals surface area contributed by atoms with Crippen molar-refractivity contribution in [2.24, 2.45) is 0 Å². The molecule has 114 valence electrons. The van der Waals surface area contributed by atoms with E-state index in [0.717, 1.165) is 13.0 Å². The molecule has 0 aliphatic carbocycles. The third kappa shape index (κ3) is 3.45.